The van der Waals surface area contributed by atoms with E-state index in [1.165, 1.54) is 12.1 Å². The topological polar surface area (TPSA) is 89.0 Å². The fourth-order valence-electron chi connectivity index (χ4n) is 3.59. The van der Waals surface area contributed by atoms with E-state index in [0.717, 1.165) is 5.56 Å². The Hall–Kier alpha value is -3.05. The fourth-order valence-corrected chi connectivity index (χ4v) is 3.59. The molecule has 1 aromatic carbocycles. The number of hydrogen-bond acceptors (Lipinski definition) is 5. The summed E-state index contributed by atoms with van der Waals surface area (Å²) >= 11 is 0. The Morgan fingerprint density at radius 3 is 2.53 bits per heavy atom. The number of amides is 1. The monoisotopic (exact) mass is 456 g/mol. The maximum absolute atomic E-state index is 14.0. The van der Waals surface area contributed by atoms with Gasteiger partial charge < -0.3 is 19.5 Å². The molecule has 0 bridgehead atoms. The van der Waals surface area contributed by atoms with Crippen LogP contribution in [0.25, 0.3) is 0 Å². The van der Waals surface area contributed by atoms with Gasteiger partial charge in [-0.3, -0.25) is 9.78 Å². The third-order valence-electron chi connectivity index (χ3n) is 5.14. The number of halogens is 4. The average molecular weight is 456 g/mol. The summed E-state index contributed by atoms with van der Waals surface area (Å²) in [5, 5.41) is 7.12. The van der Waals surface area contributed by atoms with Crippen LogP contribution in [0.2, 0.25) is 0 Å². The van der Waals surface area contributed by atoms with E-state index < -0.39 is 18.0 Å². The summed E-state index contributed by atoms with van der Waals surface area (Å²) in [4.78, 5) is 27.5. The first-order chi connectivity index (χ1) is 15.2. The standard InChI is InChI=1S/C19H19FN2O3.C2HF3O2/c20-16-6-2-1-5-14(16)19(23)22-9-18(15-11-24-12-17(15)22)25-10-13-4-3-7-21-8-13;3-2(4,5)1(6)7/h1-8,15,17-18H,9-12H2;(H,6,7)/t15-,17+,18-;/m0./s1. The molecule has 0 unspecified atom stereocenters. The van der Waals surface area contributed by atoms with Crippen LogP contribution in [0.3, 0.4) is 0 Å². The Kier molecular flexibility index (Phi) is 7.41. The molecule has 172 valence electrons. The van der Waals surface area contributed by atoms with Crippen LogP contribution in [0.5, 0.6) is 0 Å². The van der Waals surface area contributed by atoms with Crippen LogP contribution in [0.15, 0.2) is 48.8 Å². The van der Waals surface area contributed by atoms with E-state index in [2.05, 4.69) is 4.98 Å². The number of carboxylic acids is 1. The van der Waals surface area contributed by atoms with Crippen molar-refractivity contribution in [1.29, 1.82) is 0 Å². The van der Waals surface area contributed by atoms with E-state index >= 15 is 0 Å². The number of carboxylic acid groups (broad SMARTS) is 1. The van der Waals surface area contributed by atoms with Crippen molar-refractivity contribution in [2.75, 3.05) is 19.8 Å². The van der Waals surface area contributed by atoms with E-state index in [-0.39, 0.29) is 29.5 Å². The van der Waals surface area contributed by atoms with Gasteiger partial charge in [-0.15, -0.1) is 0 Å². The second-order valence-electron chi connectivity index (χ2n) is 7.22. The van der Waals surface area contributed by atoms with Crippen LogP contribution in [0.1, 0.15) is 15.9 Å². The Morgan fingerprint density at radius 2 is 1.91 bits per heavy atom. The fraction of sp³-hybridized carbons (Fsp3) is 0.381. The van der Waals surface area contributed by atoms with Gasteiger partial charge in [0.25, 0.3) is 5.91 Å². The second kappa shape index (κ2) is 10.0. The number of rotatable bonds is 4. The third-order valence-corrected chi connectivity index (χ3v) is 5.14. The van der Waals surface area contributed by atoms with Gasteiger partial charge in [-0.05, 0) is 23.8 Å². The summed E-state index contributed by atoms with van der Waals surface area (Å²) in [7, 11) is 0. The number of pyridine rings is 1. The number of ether oxygens (including phenoxy) is 2. The zero-order valence-corrected chi connectivity index (χ0v) is 16.7. The first kappa shape index (κ1) is 23.6. The molecule has 3 heterocycles. The second-order valence-corrected chi connectivity index (χ2v) is 7.22. The van der Waals surface area contributed by atoms with Crippen molar-refractivity contribution < 1.29 is 41.7 Å². The lowest BCUT2D eigenvalue weighted by Crippen LogP contribution is -2.38. The molecule has 0 radical (unpaired) electrons. The number of benzene rings is 1. The van der Waals surface area contributed by atoms with Crippen LogP contribution in [0.4, 0.5) is 17.6 Å². The molecule has 0 aliphatic carbocycles. The van der Waals surface area contributed by atoms with Gasteiger partial charge in [-0.1, -0.05) is 18.2 Å². The summed E-state index contributed by atoms with van der Waals surface area (Å²) in [5.41, 5.74) is 1.08. The first-order valence-electron chi connectivity index (χ1n) is 9.62. The molecular weight excluding hydrogens is 436 g/mol. The Balaban J connectivity index is 0.000000360. The third kappa shape index (κ3) is 5.60. The first-order valence-corrected chi connectivity index (χ1v) is 9.62. The van der Waals surface area contributed by atoms with Crippen LogP contribution >= 0.6 is 0 Å². The zero-order chi connectivity index (χ0) is 23.3. The molecule has 32 heavy (non-hydrogen) atoms. The molecule has 1 N–H and O–H groups in total. The van der Waals surface area contributed by atoms with Crippen molar-refractivity contribution in [3.63, 3.8) is 0 Å². The molecule has 0 saturated carbocycles. The summed E-state index contributed by atoms with van der Waals surface area (Å²) in [6.07, 6.45) is -1.72. The minimum atomic E-state index is -5.08. The molecule has 2 aliphatic heterocycles. The van der Waals surface area contributed by atoms with Crippen molar-refractivity contribution in [2.45, 2.75) is 24.9 Å². The molecule has 2 fully saturated rings. The van der Waals surface area contributed by atoms with Gasteiger partial charge in [-0.25, -0.2) is 9.18 Å². The van der Waals surface area contributed by atoms with Gasteiger partial charge in [0.05, 0.1) is 37.5 Å². The molecule has 1 amide bonds. The predicted octanol–water partition coefficient (Wildman–Crippen LogP) is 2.91. The summed E-state index contributed by atoms with van der Waals surface area (Å²) in [5.74, 6) is -3.44. The van der Waals surface area contributed by atoms with Gasteiger partial charge in [0.1, 0.15) is 5.82 Å². The minimum absolute atomic E-state index is 0.0639. The number of aromatic nitrogens is 1. The SMILES string of the molecule is O=C(O)C(F)(F)F.O=C(c1ccccc1F)N1C[C@H](OCc2cccnc2)[C@H]2COC[C@H]21. The summed E-state index contributed by atoms with van der Waals surface area (Å²) in [6.45, 7) is 1.91. The van der Waals surface area contributed by atoms with Crippen molar-refractivity contribution in [3.8, 4) is 0 Å². The van der Waals surface area contributed by atoms with Crippen molar-refractivity contribution >= 4 is 11.9 Å². The van der Waals surface area contributed by atoms with E-state index in [1.807, 2.05) is 12.1 Å². The summed E-state index contributed by atoms with van der Waals surface area (Å²) < 4.78 is 57.3. The van der Waals surface area contributed by atoms with Gasteiger partial charge >= 0.3 is 12.1 Å². The number of nitrogens with zero attached hydrogens (tertiary/aromatic N) is 2. The molecule has 2 saturated heterocycles. The molecule has 0 spiro atoms. The van der Waals surface area contributed by atoms with Crippen molar-refractivity contribution in [2.24, 2.45) is 5.92 Å². The molecule has 2 aliphatic rings. The lowest BCUT2D eigenvalue weighted by molar-refractivity contribution is -0.192. The van der Waals surface area contributed by atoms with Crippen LogP contribution < -0.4 is 0 Å². The van der Waals surface area contributed by atoms with Gasteiger partial charge in [0.2, 0.25) is 0 Å². The van der Waals surface area contributed by atoms with Crippen molar-refractivity contribution in [3.05, 3.63) is 65.7 Å². The largest absolute Gasteiger partial charge is 0.490 e. The highest BCUT2D eigenvalue weighted by atomic mass is 19.4. The zero-order valence-electron chi connectivity index (χ0n) is 16.7. The number of alkyl halides is 3. The number of aliphatic carboxylic acids is 1. The Morgan fingerprint density at radius 1 is 1.19 bits per heavy atom. The lowest BCUT2D eigenvalue weighted by Gasteiger charge is -2.22. The summed E-state index contributed by atoms with van der Waals surface area (Å²) in [6, 6.07) is 9.83. The average Bonchev–Trinajstić information content (AvgIpc) is 3.36. The predicted molar refractivity (Wildman–Crippen MR) is 102 cm³/mol. The molecule has 1 aromatic heterocycles. The number of hydrogen-bond donors (Lipinski definition) is 1. The highest BCUT2D eigenvalue weighted by molar-refractivity contribution is 5.95. The molecule has 7 nitrogen and oxygen atoms in total. The Bertz CT molecular complexity index is 941. The highest BCUT2D eigenvalue weighted by Crippen LogP contribution is 2.34. The van der Waals surface area contributed by atoms with Gasteiger partial charge in [-0.2, -0.15) is 13.2 Å². The molecule has 4 rings (SSSR count). The lowest BCUT2D eigenvalue weighted by atomic mass is 10.0. The van der Waals surface area contributed by atoms with E-state index in [1.54, 1.807) is 29.4 Å². The maximum atomic E-state index is 14.0. The normalized spacial score (nSPS) is 22.1. The molecular formula is C21H20F4N2O5. The number of carbonyl (C=O) groups is 2. The Labute approximate surface area is 180 Å². The number of carbonyl (C=O) groups excluding carboxylic acids is 1. The quantitative estimate of drug-likeness (QED) is 0.712. The minimum Gasteiger partial charge on any atom is -0.475 e. The van der Waals surface area contributed by atoms with E-state index in [9.17, 15) is 22.4 Å². The van der Waals surface area contributed by atoms with Crippen LogP contribution in [-0.4, -0.2) is 64.9 Å². The molecule has 3 atom stereocenters. The number of likely N-dealkylation sites (tertiary alicyclic amines) is 1. The van der Waals surface area contributed by atoms with Crippen LogP contribution in [-0.2, 0) is 20.9 Å². The van der Waals surface area contributed by atoms with Crippen LogP contribution in [0, 0.1) is 11.7 Å². The van der Waals surface area contributed by atoms with E-state index in [0.29, 0.717) is 26.4 Å². The van der Waals surface area contributed by atoms with E-state index in [4.69, 9.17) is 19.4 Å². The maximum Gasteiger partial charge on any atom is 0.490 e. The van der Waals surface area contributed by atoms with Gasteiger partial charge in [0, 0.05) is 24.9 Å². The number of fused-ring (bicyclic) bond motifs is 1. The molecule has 11 heteroatoms. The van der Waals surface area contributed by atoms with Crippen molar-refractivity contribution in [1.82, 2.24) is 9.88 Å². The smallest absolute Gasteiger partial charge is 0.475 e. The highest BCUT2D eigenvalue weighted by Gasteiger charge is 2.48. The molecule has 2 aromatic rings. The van der Waals surface area contributed by atoms with Gasteiger partial charge in [0.15, 0.2) is 0 Å².